The molecule has 2 aromatic rings. The van der Waals surface area contributed by atoms with Crippen molar-refractivity contribution in [2.24, 2.45) is 0 Å². The number of nitrogens with zero attached hydrogens (tertiary/aromatic N) is 1. The van der Waals surface area contributed by atoms with Gasteiger partial charge in [-0.3, -0.25) is 4.79 Å². The molecule has 0 unspecified atom stereocenters. The lowest BCUT2D eigenvalue weighted by atomic mass is 10.2. The summed E-state index contributed by atoms with van der Waals surface area (Å²) >= 11 is 6.41. The van der Waals surface area contributed by atoms with Crippen molar-refractivity contribution in [3.8, 4) is 5.75 Å². The average molecular weight is 405 g/mol. The Kier molecular flexibility index (Phi) is 6.78. The van der Waals surface area contributed by atoms with Crippen LogP contribution in [0.5, 0.6) is 5.75 Å². The molecule has 0 spiro atoms. The first-order chi connectivity index (χ1) is 13.1. The molecule has 1 aliphatic heterocycles. The zero-order chi connectivity index (χ0) is 19.2. The van der Waals surface area contributed by atoms with Gasteiger partial charge >= 0.3 is 0 Å². The second kappa shape index (κ2) is 9.27. The number of hydrogen-bond acceptors (Lipinski definition) is 7. The van der Waals surface area contributed by atoms with Crippen LogP contribution in [-0.2, 0) is 9.47 Å². The Morgan fingerprint density at radius 1 is 1.41 bits per heavy atom. The second-order valence-corrected chi connectivity index (χ2v) is 7.37. The Morgan fingerprint density at radius 3 is 2.89 bits per heavy atom. The number of ether oxygens (including phenoxy) is 2. The van der Waals surface area contributed by atoms with Crippen LogP contribution in [0.15, 0.2) is 35.4 Å². The Labute approximate surface area is 167 Å². The molecule has 8 heteroatoms. The van der Waals surface area contributed by atoms with Gasteiger partial charge in [0.2, 0.25) is 0 Å². The number of nitrogens with one attached hydrogen (secondary N) is 1. The van der Waals surface area contributed by atoms with Gasteiger partial charge < -0.3 is 19.9 Å². The van der Waals surface area contributed by atoms with Crippen LogP contribution in [0, 0.1) is 0 Å². The molecule has 1 aliphatic rings. The van der Waals surface area contributed by atoms with E-state index in [4.69, 9.17) is 21.7 Å². The third kappa shape index (κ3) is 4.84. The predicted molar refractivity (Wildman–Crippen MR) is 109 cm³/mol. The van der Waals surface area contributed by atoms with Crippen LogP contribution in [0.4, 0.5) is 5.69 Å². The molecule has 1 fully saturated rings. The minimum atomic E-state index is -0.456. The standard InChI is InChI=1S/C19H20N2O4S2/c1-2-27-16-9-13(19-24-6-3-7-25-19)10-20-17(16)18(23)21-14-8-12(11-26)4-5-15(14)22/h4-5,8-11,19,22H,2-3,6-7H2,1H3,(H,21,23). The number of phenols is 1. The van der Waals surface area contributed by atoms with E-state index in [2.05, 4.69) is 10.3 Å². The molecule has 0 aliphatic carbocycles. The first-order valence-corrected chi connectivity index (χ1v) is 10.0. The number of amides is 1. The van der Waals surface area contributed by atoms with Crippen molar-refractivity contribution >= 4 is 40.9 Å². The van der Waals surface area contributed by atoms with Crippen molar-refractivity contribution in [1.82, 2.24) is 4.98 Å². The Morgan fingerprint density at radius 2 is 2.19 bits per heavy atom. The van der Waals surface area contributed by atoms with Crippen molar-refractivity contribution < 1.29 is 19.4 Å². The van der Waals surface area contributed by atoms with E-state index in [1.165, 1.54) is 23.2 Å². The summed E-state index contributed by atoms with van der Waals surface area (Å²) in [7, 11) is 0. The molecule has 1 aromatic carbocycles. The normalized spacial score (nSPS) is 14.7. The summed E-state index contributed by atoms with van der Waals surface area (Å²) in [4.78, 5) is 17.8. The van der Waals surface area contributed by atoms with Gasteiger partial charge in [-0.15, -0.1) is 11.8 Å². The lowest BCUT2D eigenvalue weighted by Crippen LogP contribution is -2.19. The quantitative estimate of drug-likeness (QED) is 0.429. The van der Waals surface area contributed by atoms with Crippen molar-refractivity contribution in [3.63, 3.8) is 0 Å². The molecule has 1 aromatic heterocycles. The van der Waals surface area contributed by atoms with Gasteiger partial charge in [0, 0.05) is 22.0 Å². The van der Waals surface area contributed by atoms with Crippen molar-refractivity contribution in [1.29, 1.82) is 0 Å². The lowest BCUT2D eigenvalue weighted by Gasteiger charge is -2.23. The van der Waals surface area contributed by atoms with Crippen molar-refractivity contribution in [2.75, 3.05) is 24.3 Å². The third-order valence-corrected chi connectivity index (χ3v) is 5.08. The number of phenolic OH excluding ortho intramolecular Hbond substituents is 1. The fourth-order valence-electron chi connectivity index (χ4n) is 2.61. The average Bonchev–Trinajstić information content (AvgIpc) is 2.70. The van der Waals surface area contributed by atoms with Crippen LogP contribution in [0.3, 0.4) is 0 Å². The summed E-state index contributed by atoms with van der Waals surface area (Å²) in [5, 5.41) is 14.2. The van der Waals surface area contributed by atoms with E-state index in [0.29, 0.717) is 13.2 Å². The topological polar surface area (TPSA) is 80.7 Å². The summed E-state index contributed by atoms with van der Waals surface area (Å²) in [6.07, 6.45) is 2.01. The van der Waals surface area contributed by atoms with Crippen LogP contribution in [-0.4, -0.2) is 40.3 Å². The van der Waals surface area contributed by atoms with Crippen LogP contribution < -0.4 is 5.32 Å². The summed E-state index contributed by atoms with van der Waals surface area (Å²) in [6, 6.07) is 6.65. The molecule has 27 heavy (non-hydrogen) atoms. The van der Waals surface area contributed by atoms with Gasteiger partial charge in [0.15, 0.2) is 6.29 Å². The zero-order valence-electron chi connectivity index (χ0n) is 14.8. The highest BCUT2D eigenvalue weighted by atomic mass is 32.2. The number of benzene rings is 1. The largest absolute Gasteiger partial charge is 0.506 e. The summed E-state index contributed by atoms with van der Waals surface area (Å²) in [6.45, 7) is 3.28. The Bertz CT molecular complexity index is 838. The van der Waals surface area contributed by atoms with E-state index >= 15 is 0 Å². The number of thiocarbonyl (C=S) groups is 1. The summed E-state index contributed by atoms with van der Waals surface area (Å²) in [5.41, 5.74) is 2.08. The van der Waals surface area contributed by atoms with E-state index in [0.717, 1.165) is 28.2 Å². The second-order valence-electron chi connectivity index (χ2n) is 5.82. The Balaban J connectivity index is 1.86. The van der Waals surface area contributed by atoms with Crippen LogP contribution in [0.2, 0.25) is 0 Å². The van der Waals surface area contributed by atoms with Gasteiger partial charge in [0.25, 0.3) is 5.91 Å². The SMILES string of the molecule is CCSc1cc(C2OCCCO2)cnc1C(=O)Nc1cc(C=S)ccc1O. The van der Waals surface area contributed by atoms with E-state index in [9.17, 15) is 9.90 Å². The number of rotatable bonds is 6. The third-order valence-electron chi connectivity index (χ3n) is 3.89. The summed E-state index contributed by atoms with van der Waals surface area (Å²) in [5.74, 6) is 0.345. The molecule has 1 saturated heterocycles. The highest BCUT2D eigenvalue weighted by Crippen LogP contribution is 2.30. The number of carbonyl (C=O) groups is 1. The number of aromatic nitrogens is 1. The lowest BCUT2D eigenvalue weighted by molar-refractivity contribution is -0.183. The van der Waals surface area contributed by atoms with E-state index < -0.39 is 12.2 Å². The van der Waals surface area contributed by atoms with Crippen LogP contribution >= 0.6 is 24.0 Å². The highest BCUT2D eigenvalue weighted by molar-refractivity contribution is 7.99. The smallest absolute Gasteiger partial charge is 0.275 e. The van der Waals surface area contributed by atoms with E-state index in [1.807, 2.05) is 13.0 Å². The molecule has 0 atom stereocenters. The molecule has 0 bridgehead atoms. The van der Waals surface area contributed by atoms with E-state index in [-0.39, 0.29) is 17.1 Å². The minimum Gasteiger partial charge on any atom is -0.506 e. The van der Waals surface area contributed by atoms with Gasteiger partial charge in [0.05, 0.1) is 18.9 Å². The van der Waals surface area contributed by atoms with Gasteiger partial charge in [-0.1, -0.05) is 25.2 Å². The summed E-state index contributed by atoms with van der Waals surface area (Å²) < 4.78 is 11.2. The molecule has 2 heterocycles. The fourth-order valence-corrected chi connectivity index (χ4v) is 3.57. The van der Waals surface area contributed by atoms with Gasteiger partial charge in [-0.25, -0.2) is 4.98 Å². The number of pyridine rings is 1. The molecule has 3 rings (SSSR count). The highest BCUT2D eigenvalue weighted by Gasteiger charge is 2.21. The minimum absolute atomic E-state index is 0.0331. The molecule has 1 amide bonds. The molecule has 2 N–H and O–H groups in total. The monoisotopic (exact) mass is 404 g/mol. The van der Waals surface area contributed by atoms with E-state index in [1.54, 1.807) is 18.3 Å². The molecular weight excluding hydrogens is 384 g/mol. The molecule has 0 saturated carbocycles. The molecular formula is C19H20N2O4S2. The van der Waals surface area contributed by atoms with Crippen molar-refractivity contribution in [3.05, 3.63) is 47.3 Å². The number of thioether (sulfide) groups is 1. The zero-order valence-corrected chi connectivity index (χ0v) is 16.4. The number of hydrogen-bond donors (Lipinski definition) is 2. The maximum absolute atomic E-state index is 12.8. The van der Waals surface area contributed by atoms with Gasteiger partial charge in [-0.2, -0.15) is 0 Å². The number of anilines is 1. The van der Waals surface area contributed by atoms with Crippen LogP contribution in [0.1, 0.15) is 41.2 Å². The number of aromatic hydroxyl groups is 1. The molecule has 6 nitrogen and oxygen atoms in total. The molecule has 142 valence electrons. The van der Waals surface area contributed by atoms with Gasteiger partial charge in [-0.05, 0) is 35.9 Å². The van der Waals surface area contributed by atoms with Crippen LogP contribution in [0.25, 0.3) is 0 Å². The maximum Gasteiger partial charge on any atom is 0.275 e. The predicted octanol–water partition coefficient (Wildman–Crippen LogP) is 3.93. The first kappa shape index (κ1) is 19.8. The fraction of sp³-hybridized carbons (Fsp3) is 0.316. The van der Waals surface area contributed by atoms with Crippen molar-refractivity contribution in [2.45, 2.75) is 24.5 Å². The van der Waals surface area contributed by atoms with Gasteiger partial charge in [0.1, 0.15) is 11.4 Å². The Hall–Kier alpha value is -2.00. The molecule has 0 radical (unpaired) electrons. The first-order valence-electron chi connectivity index (χ1n) is 8.58. The maximum atomic E-state index is 12.8. The number of carbonyl (C=O) groups excluding carboxylic acids is 1.